The lowest BCUT2D eigenvalue weighted by Crippen LogP contribution is -2.44. The van der Waals surface area contributed by atoms with E-state index in [1.807, 2.05) is 27.7 Å². The van der Waals surface area contributed by atoms with E-state index in [0.717, 1.165) is 16.7 Å². The highest BCUT2D eigenvalue weighted by Gasteiger charge is 2.47. The fourth-order valence-electron chi connectivity index (χ4n) is 3.95. The number of carbonyl (C=O) groups is 2. The van der Waals surface area contributed by atoms with Gasteiger partial charge in [0, 0.05) is 12.0 Å². The number of aryl methyl sites for hydroxylation is 3. The summed E-state index contributed by atoms with van der Waals surface area (Å²) in [6.07, 6.45) is -0.992. The summed E-state index contributed by atoms with van der Waals surface area (Å²) >= 11 is 0. The van der Waals surface area contributed by atoms with Gasteiger partial charge in [-0.2, -0.15) is 0 Å². The predicted octanol–water partition coefficient (Wildman–Crippen LogP) is 4.16. The maximum Gasteiger partial charge on any atom is 0.510 e. The van der Waals surface area contributed by atoms with Gasteiger partial charge < -0.3 is 14.4 Å². The van der Waals surface area contributed by atoms with E-state index in [2.05, 4.69) is 26.0 Å². The van der Waals surface area contributed by atoms with Crippen molar-refractivity contribution in [1.82, 2.24) is 4.90 Å². The SMILES string of the molecule is CCOC(=O)OC1C(C)C(C)C(C)N1C(=O)Cc1c(C)cc(C)cc1C. The Hall–Kier alpha value is -2.04. The molecule has 1 amide bonds. The number of hydrogen-bond acceptors (Lipinski definition) is 4. The molecule has 0 radical (unpaired) electrons. The second kappa shape index (κ2) is 8.11. The summed E-state index contributed by atoms with van der Waals surface area (Å²) < 4.78 is 10.4. The molecule has 0 aromatic heterocycles. The first-order chi connectivity index (χ1) is 12.2. The van der Waals surface area contributed by atoms with E-state index in [1.54, 1.807) is 11.8 Å². The number of amides is 1. The highest BCUT2D eigenvalue weighted by atomic mass is 16.7. The molecule has 1 fully saturated rings. The third-order valence-corrected chi connectivity index (χ3v) is 5.69. The summed E-state index contributed by atoms with van der Waals surface area (Å²) in [5.41, 5.74) is 4.48. The van der Waals surface area contributed by atoms with Crippen LogP contribution in [-0.2, 0) is 20.7 Å². The van der Waals surface area contributed by atoms with Crippen molar-refractivity contribution in [2.24, 2.45) is 11.8 Å². The molecule has 1 heterocycles. The summed E-state index contributed by atoms with van der Waals surface area (Å²) in [4.78, 5) is 26.7. The van der Waals surface area contributed by atoms with Gasteiger partial charge in [0.1, 0.15) is 0 Å². The van der Waals surface area contributed by atoms with Gasteiger partial charge in [-0.15, -0.1) is 0 Å². The smallest absolute Gasteiger partial charge is 0.435 e. The first-order valence-corrected chi connectivity index (χ1v) is 9.38. The topological polar surface area (TPSA) is 55.8 Å². The van der Waals surface area contributed by atoms with Crippen LogP contribution in [-0.4, -0.2) is 35.8 Å². The first kappa shape index (κ1) is 20.3. The van der Waals surface area contributed by atoms with Crippen molar-refractivity contribution >= 4 is 12.1 Å². The van der Waals surface area contributed by atoms with Gasteiger partial charge in [0.15, 0.2) is 6.23 Å². The van der Waals surface area contributed by atoms with Gasteiger partial charge >= 0.3 is 6.16 Å². The number of ether oxygens (including phenoxy) is 2. The first-order valence-electron chi connectivity index (χ1n) is 9.38. The number of carbonyl (C=O) groups excluding carboxylic acids is 2. The monoisotopic (exact) mass is 361 g/mol. The van der Waals surface area contributed by atoms with Gasteiger partial charge in [-0.3, -0.25) is 4.79 Å². The summed E-state index contributed by atoms with van der Waals surface area (Å²) in [5, 5.41) is 0. The Morgan fingerprint density at radius 3 is 2.15 bits per heavy atom. The zero-order valence-corrected chi connectivity index (χ0v) is 17.0. The third-order valence-electron chi connectivity index (χ3n) is 5.69. The normalized spacial score (nSPS) is 25.3. The van der Waals surface area contributed by atoms with Crippen molar-refractivity contribution in [3.05, 3.63) is 34.4 Å². The predicted molar refractivity (Wildman–Crippen MR) is 101 cm³/mol. The second-order valence-corrected chi connectivity index (χ2v) is 7.51. The van der Waals surface area contributed by atoms with Crippen LogP contribution in [0.3, 0.4) is 0 Å². The number of hydrogen-bond donors (Lipinski definition) is 0. The maximum atomic E-state index is 13.1. The third kappa shape index (κ3) is 4.02. The van der Waals surface area contributed by atoms with E-state index in [1.165, 1.54) is 5.56 Å². The molecule has 0 bridgehead atoms. The van der Waals surface area contributed by atoms with Crippen LogP contribution < -0.4 is 0 Å². The minimum absolute atomic E-state index is 0.00277. The van der Waals surface area contributed by atoms with Crippen LogP contribution in [0.1, 0.15) is 49.9 Å². The molecule has 4 atom stereocenters. The van der Waals surface area contributed by atoms with E-state index < -0.39 is 12.4 Å². The van der Waals surface area contributed by atoms with Crippen molar-refractivity contribution in [2.45, 2.75) is 67.2 Å². The standard InChI is InChI=1S/C21H31NO4/c1-8-25-21(24)26-20-16(6)15(5)17(7)22(20)19(23)11-18-13(3)9-12(2)10-14(18)4/h9-10,15-17,20H,8,11H2,1-7H3. The van der Waals surface area contributed by atoms with E-state index in [0.29, 0.717) is 6.42 Å². The number of rotatable bonds is 4. The largest absolute Gasteiger partial charge is 0.510 e. The van der Waals surface area contributed by atoms with Gasteiger partial charge in [-0.25, -0.2) is 4.79 Å². The zero-order valence-electron chi connectivity index (χ0n) is 17.0. The molecule has 26 heavy (non-hydrogen) atoms. The van der Waals surface area contributed by atoms with Crippen LogP contribution in [0.25, 0.3) is 0 Å². The molecular formula is C21H31NO4. The molecule has 0 aliphatic carbocycles. The van der Waals surface area contributed by atoms with Crippen molar-refractivity contribution in [1.29, 1.82) is 0 Å². The molecule has 1 aliphatic heterocycles. The molecule has 0 N–H and O–H groups in total. The molecule has 1 aromatic rings. The van der Waals surface area contributed by atoms with Crippen LogP contribution in [0.2, 0.25) is 0 Å². The molecule has 0 spiro atoms. The number of benzene rings is 1. The summed E-state index contributed by atoms with van der Waals surface area (Å²) in [7, 11) is 0. The molecule has 144 valence electrons. The number of nitrogens with zero attached hydrogens (tertiary/aromatic N) is 1. The van der Waals surface area contributed by atoms with Crippen LogP contribution in [0.4, 0.5) is 4.79 Å². The van der Waals surface area contributed by atoms with Gasteiger partial charge in [0.05, 0.1) is 13.0 Å². The van der Waals surface area contributed by atoms with Crippen LogP contribution in [0.5, 0.6) is 0 Å². The fourth-order valence-corrected chi connectivity index (χ4v) is 3.95. The zero-order chi connectivity index (χ0) is 19.6. The average molecular weight is 361 g/mol. The lowest BCUT2D eigenvalue weighted by molar-refractivity contribution is -0.142. The van der Waals surface area contributed by atoms with Gasteiger partial charge in [-0.1, -0.05) is 31.5 Å². The van der Waals surface area contributed by atoms with E-state index in [9.17, 15) is 9.59 Å². The van der Waals surface area contributed by atoms with Crippen LogP contribution in [0, 0.1) is 32.6 Å². The van der Waals surface area contributed by atoms with Gasteiger partial charge in [0.25, 0.3) is 0 Å². The Labute approximate surface area is 156 Å². The van der Waals surface area contributed by atoms with Gasteiger partial charge in [-0.05, 0) is 57.2 Å². The lowest BCUT2D eigenvalue weighted by Gasteiger charge is -2.29. The van der Waals surface area contributed by atoms with Crippen molar-refractivity contribution in [2.75, 3.05) is 6.61 Å². The summed E-state index contributed by atoms with van der Waals surface area (Å²) in [6.45, 7) is 14.2. The molecule has 5 heteroatoms. The van der Waals surface area contributed by atoms with Crippen molar-refractivity contribution in [3.8, 4) is 0 Å². The molecule has 1 aliphatic rings. The average Bonchev–Trinajstić information content (AvgIpc) is 2.75. The highest BCUT2D eigenvalue weighted by molar-refractivity contribution is 5.80. The fraction of sp³-hybridized carbons (Fsp3) is 0.619. The Balaban J connectivity index is 2.25. The molecule has 1 saturated heterocycles. The Kier molecular flexibility index (Phi) is 6.32. The molecule has 2 rings (SSSR count). The van der Waals surface area contributed by atoms with Crippen molar-refractivity contribution in [3.63, 3.8) is 0 Å². The molecular weight excluding hydrogens is 330 g/mol. The second-order valence-electron chi connectivity index (χ2n) is 7.51. The molecule has 1 aromatic carbocycles. The lowest BCUT2D eigenvalue weighted by atomic mass is 9.94. The number of likely N-dealkylation sites (tertiary alicyclic amines) is 1. The van der Waals surface area contributed by atoms with E-state index >= 15 is 0 Å². The Morgan fingerprint density at radius 2 is 1.62 bits per heavy atom. The van der Waals surface area contributed by atoms with E-state index in [4.69, 9.17) is 9.47 Å². The summed E-state index contributed by atoms with van der Waals surface area (Å²) in [5.74, 6) is 0.273. The minimum Gasteiger partial charge on any atom is -0.435 e. The minimum atomic E-state index is -0.717. The molecule has 0 saturated carbocycles. The highest BCUT2D eigenvalue weighted by Crippen LogP contribution is 2.36. The van der Waals surface area contributed by atoms with E-state index in [-0.39, 0.29) is 30.4 Å². The van der Waals surface area contributed by atoms with Crippen LogP contribution in [0.15, 0.2) is 12.1 Å². The quantitative estimate of drug-likeness (QED) is 0.756. The Morgan fingerprint density at radius 1 is 1.04 bits per heavy atom. The van der Waals surface area contributed by atoms with Crippen LogP contribution >= 0.6 is 0 Å². The molecule has 4 unspecified atom stereocenters. The summed E-state index contributed by atoms with van der Waals surface area (Å²) in [6, 6.07) is 4.20. The van der Waals surface area contributed by atoms with Gasteiger partial charge in [0.2, 0.25) is 5.91 Å². The Bertz CT molecular complexity index is 662. The van der Waals surface area contributed by atoms with Crippen molar-refractivity contribution < 1.29 is 19.1 Å². The molecule has 5 nitrogen and oxygen atoms in total. The maximum absolute atomic E-state index is 13.1.